The first-order valence-corrected chi connectivity index (χ1v) is 11.3. The van der Waals surface area contributed by atoms with Gasteiger partial charge < -0.3 is 15.2 Å². The average Bonchev–Trinajstić information content (AvgIpc) is 2.83. The molecule has 0 fully saturated rings. The second-order valence-electron chi connectivity index (χ2n) is 8.76. The molecule has 0 aliphatic carbocycles. The van der Waals surface area contributed by atoms with Crippen LogP contribution in [0.2, 0.25) is 0 Å². The minimum absolute atomic E-state index is 0.0990. The monoisotopic (exact) mass is 451 g/mol. The van der Waals surface area contributed by atoms with Gasteiger partial charge in [0, 0.05) is 18.8 Å². The van der Waals surface area contributed by atoms with Gasteiger partial charge in [-0.3, -0.25) is 9.59 Å². The van der Waals surface area contributed by atoms with Gasteiger partial charge in [-0.05, 0) is 67.0 Å². The van der Waals surface area contributed by atoms with E-state index in [0.717, 1.165) is 34.4 Å². The van der Waals surface area contributed by atoms with Gasteiger partial charge in [-0.1, -0.05) is 72.3 Å². The molecule has 2 N–H and O–H groups in total. The van der Waals surface area contributed by atoms with Crippen LogP contribution in [0.25, 0.3) is 22.4 Å². The van der Waals surface area contributed by atoms with Gasteiger partial charge in [0.1, 0.15) is 5.56 Å². The molecule has 4 rings (SSSR count). The van der Waals surface area contributed by atoms with Crippen molar-refractivity contribution in [2.75, 3.05) is 14.1 Å². The molecule has 4 aromatic rings. The van der Waals surface area contributed by atoms with E-state index in [4.69, 9.17) is 0 Å². The summed E-state index contributed by atoms with van der Waals surface area (Å²) in [6, 6.07) is 27.7. The molecule has 34 heavy (non-hydrogen) atoms. The number of nitrogens with zero attached hydrogens (tertiary/aromatic N) is 1. The van der Waals surface area contributed by atoms with Gasteiger partial charge in [0.2, 0.25) is 0 Å². The van der Waals surface area contributed by atoms with Gasteiger partial charge in [0.25, 0.3) is 11.5 Å². The fraction of sp³-hybridized carbons (Fsp3) is 0.172. The molecule has 5 nitrogen and oxygen atoms in total. The summed E-state index contributed by atoms with van der Waals surface area (Å²) in [4.78, 5) is 30.4. The highest BCUT2D eigenvalue weighted by Gasteiger charge is 2.13. The quantitative estimate of drug-likeness (QED) is 0.415. The number of hydrogen-bond donors (Lipinski definition) is 2. The summed E-state index contributed by atoms with van der Waals surface area (Å²) in [5, 5.41) is 2.91. The van der Waals surface area contributed by atoms with Crippen molar-refractivity contribution in [1.82, 2.24) is 15.2 Å². The molecule has 0 unspecified atom stereocenters. The van der Waals surface area contributed by atoms with Crippen LogP contribution >= 0.6 is 0 Å². The Morgan fingerprint density at radius 1 is 0.882 bits per heavy atom. The number of nitrogens with one attached hydrogen (secondary N) is 2. The van der Waals surface area contributed by atoms with Crippen molar-refractivity contribution in [2.45, 2.75) is 20.0 Å². The summed E-state index contributed by atoms with van der Waals surface area (Å²) in [7, 11) is 4.10. The highest BCUT2D eigenvalue weighted by molar-refractivity contribution is 5.94. The van der Waals surface area contributed by atoms with E-state index in [-0.39, 0.29) is 5.56 Å². The van der Waals surface area contributed by atoms with E-state index < -0.39 is 11.5 Å². The Morgan fingerprint density at radius 2 is 1.65 bits per heavy atom. The third kappa shape index (κ3) is 5.50. The maximum atomic E-state index is 12.8. The number of amides is 1. The molecule has 0 radical (unpaired) electrons. The molecule has 172 valence electrons. The number of carbonyl (C=O) groups is 1. The van der Waals surface area contributed by atoms with Gasteiger partial charge in [-0.2, -0.15) is 0 Å². The first kappa shape index (κ1) is 23.2. The summed E-state index contributed by atoms with van der Waals surface area (Å²) in [5.74, 6) is -0.395. The number of rotatable bonds is 7. The van der Waals surface area contributed by atoms with Crippen LogP contribution in [-0.2, 0) is 13.1 Å². The minimum Gasteiger partial charge on any atom is -0.348 e. The molecule has 0 spiro atoms. The molecular formula is C29H29N3O2. The molecule has 0 aliphatic heterocycles. The van der Waals surface area contributed by atoms with Crippen LogP contribution in [0.15, 0.2) is 89.7 Å². The third-order valence-electron chi connectivity index (χ3n) is 5.70. The Hall–Kier alpha value is -3.96. The number of H-pyrrole nitrogens is 1. The van der Waals surface area contributed by atoms with Crippen molar-refractivity contribution < 1.29 is 4.79 Å². The molecule has 0 saturated heterocycles. The smallest absolute Gasteiger partial charge is 0.261 e. The van der Waals surface area contributed by atoms with E-state index in [1.807, 2.05) is 69.6 Å². The lowest BCUT2D eigenvalue weighted by molar-refractivity contribution is 0.0949. The molecule has 0 atom stereocenters. The van der Waals surface area contributed by atoms with Crippen molar-refractivity contribution >= 4 is 5.91 Å². The number of benzene rings is 3. The maximum Gasteiger partial charge on any atom is 0.261 e. The number of hydrogen-bond acceptors (Lipinski definition) is 3. The lowest BCUT2D eigenvalue weighted by atomic mass is 9.98. The Kier molecular flexibility index (Phi) is 7.04. The normalized spacial score (nSPS) is 10.9. The van der Waals surface area contributed by atoms with Crippen LogP contribution < -0.4 is 10.9 Å². The molecule has 5 heteroatoms. The van der Waals surface area contributed by atoms with Crippen LogP contribution in [-0.4, -0.2) is 29.9 Å². The van der Waals surface area contributed by atoms with E-state index in [1.54, 1.807) is 12.1 Å². The van der Waals surface area contributed by atoms with Crippen molar-refractivity contribution in [3.63, 3.8) is 0 Å². The molecule has 1 amide bonds. The van der Waals surface area contributed by atoms with Gasteiger partial charge in [-0.25, -0.2) is 0 Å². The summed E-state index contributed by atoms with van der Waals surface area (Å²) in [6.45, 7) is 3.21. The summed E-state index contributed by atoms with van der Waals surface area (Å²) >= 11 is 0. The van der Waals surface area contributed by atoms with E-state index in [2.05, 4.69) is 39.5 Å². The standard InChI is InChI=1S/C29H29N3O2/c1-20-7-6-9-23(17-20)27-16-15-26(29(34)31-27)28(33)30-18-24-8-4-5-10-25(24)22-13-11-21(12-14-22)19-32(2)3/h4-17H,18-19H2,1-3H3,(H,30,33)(H,31,34). The van der Waals surface area contributed by atoms with E-state index in [9.17, 15) is 9.59 Å². The summed E-state index contributed by atoms with van der Waals surface area (Å²) in [6.07, 6.45) is 0. The van der Waals surface area contributed by atoms with Gasteiger partial charge in [-0.15, -0.1) is 0 Å². The first-order chi connectivity index (χ1) is 16.4. The van der Waals surface area contributed by atoms with Crippen molar-refractivity contribution in [2.24, 2.45) is 0 Å². The van der Waals surface area contributed by atoms with Crippen molar-refractivity contribution in [3.8, 4) is 22.4 Å². The van der Waals surface area contributed by atoms with E-state index in [0.29, 0.717) is 12.2 Å². The highest BCUT2D eigenvalue weighted by atomic mass is 16.2. The Bertz CT molecular complexity index is 1350. The Labute approximate surface area is 200 Å². The molecule has 3 aromatic carbocycles. The van der Waals surface area contributed by atoms with Crippen molar-refractivity contribution in [1.29, 1.82) is 0 Å². The second kappa shape index (κ2) is 10.3. The lowest BCUT2D eigenvalue weighted by Gasteiger charge is -2.13. The van der Waals surface area contributed by atoms with Crippen LogP contribution in [0.1, 0.15) is 27.0 Å². The zero-order valence-corrected chi connectivity index (χ0v) is 19.8. The molecule has 0 bridgehead atoms. The molecular weight excluding hydrogens is 422 g/mol. The van der Waals surface area contributed by atoms with Gasteiger partial charge in [0.05, 0.1) is 0 Å². The molecule has 0 saturated carbocycles. The van der Waals surface area contributed by atoms with Gasteiger partial charge in [0.15, 0.2) is 0 Å². The van der Waals surface area contributed by atoms with Crippen LogP contribution in [0.4, 0.5) is 0 Å². The largest absolute Gasteiger partial charge is 0.348 e. The lowest BCUT2D eigenvalue weighted by Crippen LogP contribution is -2.29. The number of carbonyl (C=O) groups excluding carboxylic acids is 1. The van der Waals surface area contributed by atoms with E-state index >= 15 is 0 Å². The summed E-state index contributed by atoms with van der Waals surface area (Å²) in [5.41, 5.74) is 6.78. The zero-order chi connectivity index (χ0) is 24.1. The number of aromatic amines is 1. The van der Waals surface area contributed by atoms with Crippen molar-refractivity contribution in [3.05, 3.63) is 118 Å². The number of pyridine rings is 1. The SMILES string of the molecule is Cc1cccc(-c2ccc(C(=O)NCc3ccccc3-c3ccc(CN(C)C)cc3)c(=O)[nH]2)c1. The molecule has 1 aromatic heterocycles. The highest BCUT2D eigenvalue weighted by Crippen LogP contribution is 2.24. The fourth-order valence-corrected chi connectivity index (χ4v) is 4.02. The number of aryl methyl sites for hydroxylation is 1. The number of aromatic nitrogens is 1. The minimum atomic E-state index is -0.402. The second-order valence-corrected chi connectivity index (χ2v) is 8.76. The molecule has 0 aliphatic rings. The van der Waals surface area contributed by atoms with Gasteiger partial charge >= 0.3 is 0 Å². The predicted octanol–water partition coefficient (Wildman–Crippen LogP) is 5.01. The first-order valence-electron chi connectivity index (χ1n) is 11.3. The van der Waals surface area contributed by atoms with Crippen LogP contribution in [0.5, 0.6) is 0 Å². The maximum absolute atomic E-state index is 12.8. The Morgan fingerprint density at radius 3 is 2.35 bits per heavy atom. The Balaban J connectivity index is 1.49. The van der Waals surface area contributed by atoms with Crippen LogP contribution in [0, 0.1) is 6.92 Å². The summed E-state index contributed by atoms with van der Waals surface area (Å²) < 4.78 is 0. The van der Waals surface area contributed by atoms with E-state index in [1.165, 1.54) is 5.56 Å². The fourth-order valence-electron chi connectivity index (χ4n) is 4.02. The average molecular weight is 452 g/mol. The zero-order valence-electron chi connectivity index (χ0n) is 19.8. The molecule has 1 heterocycles. The third-order valence-corrected chi connectivity index (χ3v) is 5.70. The predicted molar refractivity (Wildman–Crippen MR) is 138 cm³/mol. The topological polar surface area (TPSA) is 65.2 Å². The van der Waals surface area contributed by atoms with Crippen LogP contribution in [0.3, 0.4) is 0 Å².